The maximum atomic E-state index is 13.2. The first kappa shape index (κ1) is 21.9. The molecule has 2 heterocycles. The second-order valence-electron chi connectivity index (χ2n) is 7.19. The minimum Gasteiger partial charge on any atom is -0.507 e. The molecular weight excluding hydrogens is 450 g/mol. The van der Waals surface area contributed by atoms with Gasteiger partial charge in [0.2, 0.25) is 0 Å². The van der Waals surface area contributed by atoms with Crippen molar-refractivity contribution in [3.05, 3.63) is 80.5 Å². The van der Waals surface area contributed by atoms with Crippen molar-refractivity contribution in [2.24, 2.45) is 0 Å². The van der Waals surface area contributed by atoms with Gasteiger partial charge in [-0.05, 0) is 54.3 Å². The van der Waals surface area contributed by atoms with Crippen LogP contribution < -0.4 is 14.4 Å². The minimum absolute atomic E-state index is 0.0146. The number of hydrogen-bond acceptors (Lipinski definition) is 6. The molecule has 1 aliphatic heterocycles. The van der Waals surface area contributed by atoms with Crippen molar-refractivity contribution in [1.29, 1.82) is 0 Å². The molecule has 1 unspecified atom stereocenters. The first-order valence-electron chi connectivity index (χ1n) is 9.70. The summed E-state index contributed by atoms with van der Waals surface area (Å²) in [5.41, 5.74) is 1.73. The van der Waals surface area contributed by atoms with Crippen molar-refractivity contribution in [1.82, 2.24) is 0 Å². The van der Waals surface area contributed by atoms with Gasteiger partial charge in [-0.1, -0.05) is 23.7 Å². The molecule has 0 spiro atoms. The number of benzene rings is 2. The molecule has 0 radical (unpaired) electrons. The summed E-state index contributed by atoms with van der Waals surface area (Å²) >= 11 is 7.71. The highest BCUT2D eigenvalue weighted by molar-refractivity contribution is 7.10. The molecule has 1 saturated heterocycles. The number of carbonyl (C=O) groups excluding carboxylic acids is 2. The van der Waals surface area contributed by atoms with E-state index in [1.807, 2.05) is 18.4 Å². The van der Waals surface area contributed by atoms with Crippen LogP contribution in [-0.4, -0.2) is 31.0 Å². The molecule has 0 saturated carbocycles. The molecule has 6 nitrogen and oxygen atoms in total. The van der Waals surface area contributed by atoms with Gasteiger partial charge >= 0.3 is 0 Å². The van der Waals surface area contributed by atoms with Crippen LogP contribution in [-0.2, 0) is 9.59 Å². The molecule has 1 aliphatic rings. The van der Waals surface area contributed by atoms with E-state index < -0.39 is 17.7 Å². The van der Waals surface area contributed by atoms with Gasteiger partial charge in [-0.2, -0.15) is 0 Å². The number of aliphatic hydroxyl groups is 1. The summed E-state index contributed by atoms with van der Waals surface area (Å²) < 4.78 is 10.4. The molecule has 0 bridgehead atoms. The second kappa shape index (κ2) is 8.68. The Balaban J connectivity index is 1.94. The number of rotatable bonds is 5. The smallest absolute Gasteiger partial charge is 0.300 e. The molecule has 32 heavy (non-hydrogen) atoms. The number of aliphatic hydroxyl groups excluding tert-OH is 1. The van der Waals surface area contributed by atoms with Gasteiger partial charge in [-0.3, -0.25) is 14.5 Å². The van der Waals surface area contributed by atoms with E-state index >= 15 is 0 Å². The van der Waals surface area contributed by atoms with Crippen LogP contribution >= 0.6 is 22.9 Å². The molecule has 3 aromatic rings. The van der Waals surface area contributed by atoms with E-state index in [1.165, 1.54) is 30.5 Å². The molecule has 2 aromatic carbocycles. The Morgan fingerprint density at radius 2 is 1.88 bits per heavy atom. The highest BCUT2D eigenvalue weighted by atomic mass is 35.5. The van der Waals surface area contributed by atoms with Crippen molar-refractivity contribution in [2.45, 2.75) is 13.0 Å². The third-order valence-electron chi connectivity index (χ3n) is 5.35. The Kier molecular flexibility index (Phi) is 5.95. The average molecular weight is 470 g/mol. The van der Waals surface area contributed by atoms with Gasteiger partial charge in [0.1, 0.15) is 23.3 Å². The zero-order valence-corrected chi connectivity index (χ0v) is 19.2. The lowest BCUT2D eigenvalue weighted by molar-refractivity contribution is -0.132. The van der Waals surface area contributed by atoms with Gasteiger partial charge in [0.25, 0.3) is 11.7 Å². The van der Waals surface area contributed by atoms with Crippen LogP contribution in [0.3, 0.4) is 0 Å². The number of ether oxygens (including phenoxy) is 2. The Morgan fingerprint density at radius 1 is 1.09 bits per heavy atom. The van der Waals surface area contributed by atoms with Crippen molar-refractivity contribution in [2.75, 3.05) is 19.1 Å². The number of anilines is 1. The van der Waals surface area contributed by atoms with Crippen molar-refractivity contribution < 1.29 is 24.2 Å². The number of methoxy groups -OCH3 is 2. The zero-order chi connectivity index (χ0) is 23.0. The van der Waals surface area contributed by atoms with E-state index in [1.54, 1.807) is 42.5 Å². The van der Waals surface area contributed by atoms with Crippen LogP contribution in [0.1, 0.15) is 22.0 Å². The fourth-order valence-corrected chi connectivity index (χ4v) is 5.02. The summed E-state index contributed by atoms with van der Waals surface area (Å²) in [7, 11) is 3.01. The van der Waals surface area contributed by atoms with Crippen molar-refractivity contribution in [3.63, 3.8) is 0 Å². The predicted molar refractivity (Wildman–Crippen MR) is 125 cm³/mol. The zero-order valence-electron chi connectivity index (χ0n) is 17.6. The van der Waals surface area contributed by atoms with Crippen LogP contribution in [0, 0.1) is 6.92 Å². The molecule has 0 aliphatic carbocycles. The molecular formula is C24H20ClNO5S. The van der Waals surface area contributed by atoms with E-state index in [0.29, 0.717) is 27.8 Å². The third kappa shape index (κ3) is 3.63. The lowest BCUT2D eigenvalue weighted by Crippen LogP contribution is -2.29. The van der Waals surface area contributed by atoms with Gasteiger partial charge in [0, 0.05) is 16.1 Å². The lowest BCUT2D eigenvalue weighted by Gasteiger charge is -2.25. The number of nitrogens with zero attached hydrogens (tertiary/aromatic N) is 1. The molecule has 1 fully saturated rings. The Hall–Kier alpha value is -3.29. The first-order chi connectivity index (χ1) is 15.4. The van der Waals surface area contributed by atoms with E-state index in [4.69, 9.17) is 21.1 Å². The van der Waals surface area contributed by atoms with Gasteiger partial charge < -0.3 is 14.6 Å². The number of thiophene rings is 1. The molecule has 1 aromatic heterocycles. The molecule has 8 heteroatoms. The van der Waals surface area contributed by atoms with Gasteiger partial charge in [-0.15, -0.1) is 11.3 Å². The van der Waals surface area contributed by atoms with E-state index in [0.717, 1.165) is 10.4 Å². The van der Waals surface area contributed by atoms with Gasteiger partial charge in [0.15, 0.2) is 0 Å². The van der Waals surface area contributed by atoms with Crippen LogP contribution in [0.4, 0.5) is 5.69 Å². The summed E-state index contributed by atoms with van der Waals surface area (Å²) in [6.07, 6.45) is 0. The van der Waals surface area contributed by atoms with Crippen LogP contribution in [0.2, 0.25) is 5.02 Å². The summed E-state index contributed by atoms with van der Waals surface area (Å²) in [5.74, 6) is -0.799. The summed E-state index contributed by atoms with van der Waals surface area (Å²) in [6, 6.07) is 12.7. The molecule has 1 amide bonds. The number of Topliss-reactive ketones (excluding diaryl/α,β-unsaturated/α-hetero) is 1. The molecule has 1 N–H and O–H groups in total. The quantitative estimate of drug-likeness (QED) is 0.309. The summed E-state index contributed by atoms with van der Waals surface area (Å²) in [4.78, 5) is 28.5. The first-order valence-corrected chi connectivity index (χ1v) is 11.0. The number of carbonyl (C=O) groups is 2. The number of aryl methyl sites for hydroxylation is 1. The fourth-order valence-electron chi connectivity index (χ4n) is 3.74. The highest BCUT2D eigenvalue weighted by Gasteiger charge is 2.48. The summed E-state index contributed by atoms with van der Waals surface area (Å²) in [6.45, 7) is 1.90. The van der Waals surface area contributed by atoms with Crippen LogP contribution in [0.5, 0.6) is 11.5 Å². The van der Waals surface area contributed by atoms with Crippen molar-refractivity contribution >= 4 is 46.1 Å². The van der Waals surface area contributed by atoms with Gasteiger partial charge in [0.05, 0.1) is 24.8 Å². The topological polar surface area (TPSA) is 76.1 Å². The van der Waals surface area contributed by atoms with E-state index in [-0.39, 0.29) is 11.3 Å². The number of ketones is 1. The summed E-state index contributed by atoms with van der Waals surface area (Å²) in [5, 5.41) is 13.4. The van der Waals surface area contributed by atoms with Crippen LogP contribution in [0.25, 0.3) is 5.76 Å². The Morgan fingerprint density at radius 3 is 2.50 bits per heavy atom. The van der Waals surface area contributed by atoms with E-state index in [2.05, 4.69) is 0 Å². The Bertz CT molecular complexity index is 1250. The number of halogens is 1. The molecule has 164 valence electrons. The minimum atomic E-state index is -0.800. The highest BCUT2D eigenvalue weighted by Crippen LogP contribution is 2.46. The lowest BCUT2D eigenvalue weighted by atomic mass is 9.98. The fraction of sp³-hybridized carbons (Fsp3) is 0.167. The monoisotopic (exact) mass is 469 g/mol. The van der Waals surface area contributed by atoms with Crippen LogP contribution in [0.15, 0.2) is 59.5 Å². The molecule has 1 atom stereocenters. The number of hydrogen-bond donors (Lipinski definition) is 1. The largest absolute Gasteiger partial charge is 0.507 e. The van der Waals surface area contributed by atoms with E-state index in [9.17, 15) is 14.7 Å². The predicted octanol–water partition coefficient (Wildman–Crippen LogP) is 5.35. The number of amides is 1. The second-order valence-corrected chi connectivity index (χ2v) is 8.54. The maximum absolute atomic E-state index is 13.2. The normalized spacial score (nSPS) is 17.6. The average Bonchev–Trinajstić information content (AvgIpc) is 3.33. The SMILES string of the molecule is COc1cccc(/C(O)=C2/C(=O)C(=O)N(c3ccc(OC)c(Cl)c3)C2c2sccc2C)c1. The van der Waals surface area contributed by atoms with Crippen molar-refractivity contribution in [3.8, 4) is 11.5 Å². The maximum Gasteiger partial charge on any atom is 0.300 e. The standard InChI is InChI=1S/C24H20ClNO5S/c1-13-9-10-32-23(13)20-19(21(27)14-5-4-6-16(11-14)30-2)22(28)24(29)26(20)15-7-8-18(31-3)17(25)12-15/h4-12,20,27H,1-3H3/b21-19-. The molecule has 4 rings (SSSR count). The Labute approximate surface area is 194 Å². The third-order valence-corrected chi connectivity index (χ3v) is 6.72. The van der Waals surface area contributed by atoms with Gasteiger partial charge in [-0.25, -0.2) is 0 Å².